The van der Waals surface area contributed by atoms with Crippen molar-refractivity contribution in [3.63, 3.8) is 0 Å². The third-order valence-electron chi connectivity index (χ3n) is 2.76. The molecular weight excluding hydrogens is 228 g/mol. The van der Waals surface area contributed by atoms with Crippen LogP contribution in [0.2, 0.25) is 0 Å². The predicted octanol–water partition coefficient (Wildman–Crippen LogP) is 1.48. The normalized spacial score (nSPS) is 21.5. The summed E-state index contributed by atoms with van der Waals surface area (Å²) in [5, 5.41) is 0. The van der Waals surface area contributed by atoms with E-state index in [1.165, 1.54) is 0 Å². The Balaban J connectivity index is 2.18. The van der Waals surface area contributed by atoms with Crippen LogP contribution in [0.15, 0.2) is 18.2 Å². The van der Waals surface area contributed by atoms with Gasteiger partial charge in [-0.25, -0.2) is 8.78 Å². The van der Waals surface area contributed by atoms with Gasteiger partial charge in [0.25, 0.3) is 0 Å². The molecule has 17 heavy (non-hydrogen) atoms. The Morgan fingerprint density at radius 1 is 1.47 bits per heavy atom. The Morgan fingerprint density at radius 2 is 2.24 bits per heavy atom. The average molecular weight is 241 g/mol. The second-order valence-electron chi connectivity index (χ2n) is 4.11. The number of carbonyl (C=O) groups excluding carboxylic acids is 1. The predicted molar refractivity (Wildman–Crippen MR) is 57.9 cm³/mol. The average Bonchev–Trinajstić information content (AvgIpc) is 2.28. The van der Waals surface area contributed by atoms with Crippen LogP contribution in [0.1, 0.15) is 10.4 Å². The van der Waals surface area contributed by atoms with Gasteiger partial charge in [-0.15, -0.1) is 0 Å². The minimum Gasteiger partial charge on any atom is -0.367 e. The molecule has 0 spiro atoms. The molecule has 1 aromatic carbocycles. The molecule has 1 unspecified atom stereocenters. The molecular formula is C12H13F2NO2. The Hall–Kier alpha value is -1.33. The molecule has 1 fully saturated rings. The van der Waals surface area contributed by atoms with Crippen LogP contribution in [0.4, 0.5) is 8.78 Å². The fourth-order valence-electron chi connectivity index (χ4n) is 1.80. The SMILES string of the molecule is CN1CCOC(C(=O)c2ccc(F)cc2F)C1. The third kappa shape index (κ3) is 2.68. The molecule has 1 atom stereocenters. The quantitative estimate of drug-likeness (QED) is 0.734. The minimum absolute atomic E-state index is 0.119. The van der Waals surface area contributed by atoms with Crippen molar-refractivity contribution in [3.8, 4) is 0 Å². The fourth-order valence-corrected chi connectivity index (χ4v) is 1.80. The summed E-state index contributed by atoms with van der Waals surface area (Å²) in [5.74, 6) is -1.97. The highest BCUT2D eigenvalue weighted by Crippen LogP contribution is 2.15. The van der Waals surface area contributed by atoms with Crippen molar-refractivity contribution in [2.24, 2.45) is 0 Å². The number of likely N-dealkylation sites (N-methyl/N-ethyl adjacent to an activating group) is 1. The van der Waals surface area contributed by atoms with E-state index in [4.69, 9.17) is 4.74 Å². The van der Waals surface area contributed by atoms with E-state index in [0.717, 1.165) is 18.7 Å². The number of rotatable bonds is 2. The largest absolute Gasteiger partial charge is 0.367 e. The second-order valence-corrected chi connectivity index (χ2v) is 4.11. The lowest BCUT2D eigenvalue weighted by atomic mass is 10.0. The zero-order valence-electron chi connectivity index (χ0n) is 9.45. The number of carbonyl (C=O) groups is 1. The molecule has 0 aromatic heterocycles. The molecule has 1 aromatic rings. The number of Topliss-reactive ketones (excluding diaryl/α,β-unsaturated/α-hetero) is 1. The van der Waals surface area contributed by atoms with Crippen LogP contribution in [0.25, 0.3) is 0 Å². The number of ketones is 1. The molecule has 0 amide bonds. The number of morpholine rings is 1. The van der Waals surface area contributed by atoms with E-state index in [2.05, 4.69) is 0 Å². The first-order valence-corrected chi connectivity index (χ1v) is 5.37. The highest BCUT2D eigenvalue weighted by Gasteiger charge is 2.27. The van der Waals surface area contributed by atoms with E-state index in [1.54, 1.807) is 0 Å². The number of hydrogen-bond donors (Lipinski definition) is 0. The van der Waals surface area contributed by atoms with Gasteiger partial charge >= 0.3 is 0 Å². The maximum atomic E-state index is 13.4. The smallest absolute Gasteiger partial charge is 0.195 e. The van der Waals surface area contributed by atoms with Gasteiger partial charge in [-0.05, 0) is 19.2 Å². The molecule has 1 heterocycles. The first kappa shape index (κ1) is 12.1. The highest BCUT2D eigenvalue weighted by molar-refractivity contribution is 5.99. The third-order valence-corrected chi connectivity index (χ3v) is 2.76. The molecule has 0 N–H and O–H groups in total. The van der Waals surface area contributed by atoms with Gasteiger partial charge in [-0.2, -0.15) is 0 Å². The molecule has 1 saturated heterocycles. The van der Waals surface area contributed by atoms with E-state index in [0.29, 0.717) is 19.2 Å². The van der Waals surface area contributed by atoms with Gasteiger partial charge in [0.15, 0.2) is 5.78 Å². The van der Waals surface area contributed by atoms with Gasteiger partial charge in [0.2, 0.25) is 0 Å². The summed E-state index contributed by atoms with van der Waals surface area (Å²) in [4.78, 5) is 13.9. The maximum Gasteiger partial charge on any atom is 0.195 e. The number of benzene rings is 1. The Bertz CT molecular complexity index is 437. The van der Waals surface area contributed by atoms with Gasteiger partial charge < -0.3 is 9.64 Å². The van der Waals surface area contributed by atoms with E-state index in [-0.39, 0.29) is 5.56 Å². The first-order valence-electron chi connectivity index (χ1n) is 5.37. The van der Waals surface area contributed by atoms with E-state index >= 15 is 0 Å². The Morgan fingerprint density at radius 3 is 2.88 bits per heavy atom. The van der Waals surface area contributed by atoms with Gasteiger partial charge in [0.1, 0.15) is 17.7 Å². The summed E-state index contributed by atoms with van der Waals surface area (Å²) in [6.45, 7) is 1.61. The van der Waals surface area contributed by atoms with Crippen LogP contribution >= 0.6 is 0 Å². The van der Waals surface area contributed by atoms with Crippen LogP contribution < -0.4 is 0 Å². The standard InChI is InChI=1S/C12H13F2NO2/c1-15-4-5-17-11(7-15)12(16)9-3-2-8(13)6-10(9)14/h2-3,6,11H,4-5,7H2,1H3. The lowest BCUT2D eigenvalue weighted by Crippen LogP contribution is -2.44. The molecule has 0 bridgehead atoms. The van der Waals surface area contributed by atoms with Gasteiger partial charge in [-0.3, -0.25) is 4.79 Å². The monoisotopic (exact) mass is 241 g/mol. The highest BCUT2D eigenvalue weighted by atomic mass is 19.1. The van der Waals surface area contributed by atoms with Crippen molar-refractivity contribution in [1.29, 1.82) is 0 Å². The molecule has 3 nitrogen and oxygen atoms in total. The summed E-state index contributed by atoms with van der Waals surface area (Å²) in [6, 6.07) is 2.94. The molecule has 1 aliphatic heterocycles. The van der Waals surface area contributed by atoms with Gasteiger partial charge in [0.05, 0.1) is 12.2 Å². The van der Waals surface area contributed by atoms with Crippen molar-refractivity contribution in [2.45, 2.75) is 6.10 Å². The lowest BCUT2D eigenvalue weighted by molar-refractivity contribution is -0.00883. The minimum atomic E-state index is -0.841. The van der Waals surface area contributed by atoms with Gasteiger partial charge in [0, 0.05) is 19.2 Å². The number of halogens is 2. The van der Waals surface area contributed by atoms with Crippen molar-refractivity contribution >= 4 is 5.78 Å². The lowest BCUT2D eigenvalue weighted by Gasteiger charge is -2.29. The van der Waals surface area contributed by atoms with Crippen molar-refractivity contribution in [2.75, 3.05) is 26.7 Å². The first-order chi connectivity index (χ1) is 8.08. The second kappa shape index (κ2) is 4.89. The summed E-state index contributed by atoms with van der Waals surface area (Å²) < 4.78 is 31.4. The van der Waals surface area contributed by atoms with Crippen molar-refractivity contribution in [3.05, 3.63) is 35.4 Å². The zero-order chi connectivity index (χ0) is 12.4. The van der Waals surface area contributed by atoms with Crippen LogP contribution in [-0.4, -0.2) is 43.5 Å². The summed E-state index contributed by atoms with van der Waals surface area (Å²) in [7, 11) is 1.86. The van der Waals surface area contributed by atoms with Crippen LogP contribution in [-0.2, 0) is 4.74 Å². The molecule has 0 radical (unpaired) electrons. The molecule has 0 aliphatic carbocycles. The number of hydrogen-bond acceptors (Lipinski definition) is 3. The summed E-state index contributed by atoms with van der Waals surface area (Å²) in [6.07, 6.45) is -0.672. The van der Waals surface area contributed by atoms with Crippen LogP contribution in [0, 0.1) is 11.6 Å². The molecule has 2 rings (SSSR count). The molecule has 92 valence electrons. The van der Waals surface area contributed by atoms with Crippen LogP contribution in [0.3, 0.4) is 0 Å². The Labute approximate surface area is 98.0 Å². The van der Waals surface area contributed by atoms with Gasteiger partial charge in [-0.1, -0.05) is 0 Å². The zero-order valence-corrected chi connectivity index (χ0v) is 9.45. The maximum absolute atomic E-state index is 13.4. The fraction of sp³-hybridized carbons (Fsp3) is 0.417. The van der Waals surface area contributed by atoms with E-state index in [1.807, 2.05) is 11.9 Å². The summed E-state index contributed by atoms with van der Waals surface area (Å²) in [5.41, 5.74) is -0.119. The van der Waals surface area contributed by atoms with E-state index < -0.39 is 23.5 Å². The van der Waals surface area contributed by atoms with Crippen molar-refractivity contribution in [1.82, 2.24) is 4.90 Å². The summed E-state index contributed by atoms with van der Waals surface area (Å²) >= 11 is 0. The number of nitrogens with zero attached hydrogens (tertiary/aromatic N) is 1. The topological polar surface area (TPSA) is 29.5 Å². The molecule has 1 aliphatic rings. The number of ether oxygens (including phenoxy) is 1. The van der Waals surface area contributed by atoms with Crippen molar-refractivity contribution < 1.29 is 18.3 Å². The molecule has 5 heteroatoms. The van der Waals surface area contributed by atoms with Crippen LogP contribution in [0.5, 0.6) is 0 Å². The van der Waals surface area contributed by atoms with E-state index in [9.17, 15) is 13.6 Å². The molecule has 0 saturated carbocycles. The Kier molecular flexibility index (Phi) is 3.49.